The van der Waals surface area contributed by atoms with Gasteiger partial charge in [-0.05, 0) is 49.2 Å². The minimum Gasteiger partial charge on any atom is -0.383 e. The molecule has 7 heteroatoms. The standard InChI is InChI=1S/C22H28N2O4S/c1-5-22(3)15-21(25)24(12-13-28-4)20-11-8-17(14-19(20)22)23-29(26,27)18-9-6-16(2)7-10-18/h6-11,14,23H,5,12-13,15H2,1-4H3. The molecule has 1 heterocycles. The van der Waals surface area contributed by atoms with E-state index in [1.54, 1.807) is 42.3 Å². The number of nitrogens with zero attached hydrogens (tertiary/aromatic N) is 1. The number of hydrogen-bond donors (Lipinski definition) is 1. The van der Waals surface area contributed by atoms with Gasteiger partial charge in [-0.25, -0.2) is 8.42 Å². The van der Waals surface area contributed by atoms with Gasteiger partial charge < -0.3 is 9.64 Å². The molecule has 0 aromatic heterocycles. The number of methoxy groups -OCH3 is 1. The molecule has 1 aliphatic heterocycles. The SMILES string of the molecule is CCC1(C)CC(=O)N(CCOC)c2ccc(NS(=O)(=O)c3ccc(C)cc3)cc21. The van der Waals surface area contributed by atoms with Crippen LogP contribution in [0.3, 0.4) is 0 Å². The number of carbonyl (C=O) groups excluding carboxylic acids is 1. The van der Waals surface area contributed by atoms with Crippen LogP contribution in [0.2, 0.25) is 0 Å². The zero-order valence-electron chi connectivity index (χ0n) is 17.4. The van der Waals surface area contributed by atoms with Crippen molar-refractivity contribution in [3.63, 3.8) is 0 Å². The van der Waals surface area contributed by atoms with Gasteiger partial charge in [-0.15, -0.1) is 0 Å². The van der Waals surface area contributed by atoms with Crippen molar-refractivity contribution in [3.05, 3.63) is 53.6 Å². The molecule has 2 aromatic carbocycles. The highest BCUT2D eigenvalue weighted by Gasteiger charge is 2.38. The summed E-state index contributed by atoms with van der Waals surface area (Å²) in [4.78, 5) is 14.7. The fourth-order valence-electron chi connectivity index (χ4n) is 3.65. The van der Waals surface area contributed by atoms with E-state index in [1.165, 1.54) is 0 Å². The van der Waals surface area contributed by atoms with E-state index >= 15 is 0 Å². The average molecular weight is 417 g/mol. The smallest absolute Gasteiger partial charge is 0.261 e. The van der Waals surface area contributed by atoms with E-state index in [9.17, 15) is 13.2 Å². The van der Waals surface area contributed by atoms with Crippen LogP contribution in [0.25, 0.3) is 0 Å². The summed E-state index contributed by atoms with van der Waals surface area (Å²) >= 11 is 0. The molecule has 0 saturated carbocycles. The summed E-state index contributed by atoms with van der Waals surface area (Å²) in [5, 5.41) is 0. The van der Waals surface area contributed by atoms with Gasteiger partial charge in [-0.3, -0.25) is 9.52 Å². The first-order valence-corrected chi connectivity index (χ1v) is 11.2. The first-order valence-electron chi connectivity index (χ1n) is 9.73. The molecule has 1 amide bonds. The fourth-order valence-corrected chi connectivity index (χ4v) is 4.70. The molecule has 156 valence electrons. The van der Waals surface area contributed by atoms with E-state index in [0.717, 1.165) is 23.2 Å². The van der Waals surface area contributed by atoms with Gasteiger partial charge in [0.25, 0.3) is 10.0 Å². The molecule has 1 unspecified atom stereocenters. The third-order valence-electron chi connectivity index (χ3n) is 5.66. The van der Waals surface area contributed by atoms with E-state index in [1.807, 2.05) is 26.0 Å². The number of amides is 1. The summed E-state index contributed by atoms with van der Waals surface area (Å²) < 4.78 is 33.4. The maximum absolute atomic E-state index is 12.8. The van der Waals surface area contributed by atoms with Gasteiger partial charge >= 0.3 is 0 Å². The lowest BCUT2D eigenvalue weighted by Crippen LogP contribution is -2.44. The Hall–Kier alpha value is -2.38. The Bertz CT molecular complexity index is 1000. The van der Waals surface area contributed by atoms with Crippen LogP contribution in [0.15, 0.2) is 47.4 Å². The van der Waals surface area contributed by atoms with Crippen molar-refractivity contribution in [1.82, 2.24) is 0 Å². The minimum atomic E-state index is -3.69. The molecular formula is C22H28N2O4S. The summed E-state index contributed by atoms with van der Waals surface area (Å²) in [5.41, 5.74) is 2.93. The zero-order chi connectivity index (χ0) is 21.2. The molecule has 6 nitrogen and oxygen atoms in total. The molecule has 3 rings (SSSR count). The summed E-state index contributed by atoms with van der Waals surface area (Å²) in [6.45, 7) is 6.92. The topological polar surface area (TPSA) is 75.7 Å². The Labute approximate surface area is 172 Å². The Morgan fingerprint density at radius 2 is 1.86 bits per heavy atom. The zero-order valence-corrected chi connectivity index (χ0v) is 18.2. The summed E-state index contributed by atoms with van der Waals surface area (Å²) in [5.74, 6) is 0.0619. The molecule has 0 radical (unpaired) electrons. The van der Waals surface area contributed by atoms with Crippen molar-refractivity contribution in [2.45, 2.75) is 43.9 Å². The molecule has 0 fully saturated rings. The molecule has 1 aliphatic rings. The summed E-state index contributed by atoms with van der Waals surface area (Å²) in [6, 6.07) is 12.1. The maximum Gasteiger partial charge on any atom is 0.261 e. The number of sulfonamides is 1. The quantitative estimate of drug-likeness (QED) is 0.744. The average Bonchev–Trinajstić information content (AvgIpc) is 2.68. The van der Waals surface area contributed by atoms with Crippen molar-refractivity contribution in [2.24, 2.45) is 0 Å². The van der Waals surface area contributed by atoms with Crippen LogP contribution in [-0.2, 0) is 25.0 Å². The first-order chi connectivity index (χ1) is 13.7. The number of fused-ring (bicyclic) bond motifs is 1. The molecule has 29 heavy (non-hydrogen) atoms. The monoisotopic (exact) mass is 416 g/mol. The summed E-state index contributed by atoms with van der Waals surface area (Å²) in [7, 11) is -2.08. The molecular weight excluding hydrogens is 388 g/mol. The van der Waals surface area contributed by atoms with Gasteiger partial charge in [0.1, 0.15) is 0 Å². The van der Waals surface area contributed by atoms with Crippen LogP contribution >= 0.6 is 0 Å². The van der Waals surface area contributed by atoms with Gasteiger partial charge in [-0.2, -0.15) is 0 Å². The minimum absolute atomic E-state index is 0.0619. The fraction of sp³-hybridized carbons (Fsp3) is 0.409. The van der Waals surface area contributed by atoms with E-state index in [4.69, 9.17) is 4.74 Å². The highest BCUT2D eigenvalue weighted by atomic mass is 32.2. The first kappa shape index (κ1) is 21.3. The Morgan fingerprint density at radius 3 is 2.48 bits per heavy atom. The van der Waals surface area contributed by atoms with E-state index in [-0.39, 0.29) is 16.2 Å². The Morgan fingerprint density at radius 1 is 1.17 bits per heavy atom. The Kier molecular flexibility index (Phi) is 6.00. The van der Waals surface area contributed by atoms with Crippen LogP contribution in [0.1, 0.15) is 37.8 Å². The number of carbonyl (C=O) groups is 1. The van der Waals surface area contributed by atoms with Crippen molar-refractivity contribution in [1.29, 1.82) is 0 Å². The maximum atomic E-state index is 12.8. The van der Waals surface area contributed by atoms with Crippen molar-refractivity contribution < 1.29 is 17.9 Å². The number of ether oxygens (including phenoxy) is 1. The Balaban J connectivity index is 1.98. The van der Waals surface area contributed by atoms with Gasteiger partial charge in [0.2, 0.25) is 5.91 Å². The predicted octanol–water partition coefficient (Wildman–Crippen LogP) is 3.85. The number of rotatable bonds is 7. The number of benzene rings is 2. The number of nitrogens with one attached hydrogen (secondary N) is 1. The van der Waals surface area contributed by atoms with Gasteiger partial charge in [0, 0.05) is 36.9 Å². The molecule has 1 N–H and O–H groups in total. The molecule has 0 bridgehead atoms. The van der Waals surface area contributed by atoms with Crippen LogP contribution in [0, 0.1) is 6.92 Å². The van der Waals surface area contributed by atoms with Crippen molar-refractivity contribution in [2.75, 3.05) is 29.9 Å². The number of anilines is 2. The highest BCUT2D eigenvalue weighted by molar-refractivity contribution is 7.92. The molecule has 0 saturated heterocycles. The van der Waals surface area contributed by atoms with E-state index < -0.39 is 10.0 Å². The molecule has 1 atom stereocenters. The van der Waals surface area contributed by atoms with Crippen LogP contribution < -0.4 is 9.62 Å². The predicted molar refractivity (Wildman–Crippen MR) is 115 cm³/mol. The molecule has 0 spiro atoms. The lowest BCUT2D eigenvalue weighted by Gasteiger charge is -2.40. The van der Waals surface area contributed by atoms with Crippen molar-refractivity contribution >= 4 is 27.3 Å². The second-order valence-corrected chi connectivity index (χ2v) is 9.46. The van der Waals surface area contributed by atoms with E-state index in [2.05, 4.69) is 11.6 Å². The second-order valence-electron chi connectivity index (χ2n) is 7.78. The lowest BCUT2D eigenvalue weighted by molar-refractivity contribution is -0.120. The van der Waals surface area contributed by atoms with Crippen LogP contribution in [0.4, 0.5) is 11.4 Å². The number of hydrogen-bond acceptors (Lipinski definition) is 4. The lowest BCUT2D eigenvalue weighted by atomic mass is 9.73. The summed E-state index contributed by atoms with van der Waals surface area (Å²) in [6.07, 6.45) is 1.16. The third-order valence-corrected chi connectivity index (χ3v) is 7.06. The van der Waals surface area contributed by atoms with Crippen LogP contribution in [0.5, 0.6) is 0 Å². The third kappa shape index (κ3) is 4.31. The highest BCUT2D eigenvalue weighted by Crippen LogP contribution is 2.43. The second kappa shape index (κ2) is 8.16. The molecule has 2 aromatic rings. The van der Waals surface area contributed by atoms with Gasteiger partial charge in [0.05, 0.1) is 11.5 Å². The van der Waals surface area contributed by atoms with Gasteiger partial charge in [0.15, 0.2) is 0 Å². The number of aryl methyl sites for hydroxylation is 1. The van der Waals surface area contributed by atoms with Gasteiger partial charge in [-0.1, -0.05) is 31.5 Å². The molecule has 0 aliphatic carbocycles. The normalized spacial score (nSPS) is 19.2. The largest absolute Gasteiger partial charge is 0.383 e. The van der Waals surface area contributed by atoms with Crippen molar-refractivity contribution in [3.8, 4) is 0 Å². The van der Waals surface area contributed by atoms with E-state index in [0.29, 0.717) is 25.3 Å². The van der Waals surface area contributed by atoms with Crippen LogP contribution in [-0.4, -0.2) is 34.6 Å².